The highest BCUT2D eigenvalue weighted by Gasteiger charge is 2.24. The lowest BCUT2D eigenvalue weighted by Crippen LogP contribution is -2.49. The van der Waals surface area contributed by atoms with Crippen molar-refractivity contribution in [2.45, 2.75) is 71.0 Å². The van der Waals surface area contributed by atoms with Crippen LogP contribution in [0.5, 0.6) is 0 Å². The third kappa shape index (κ3) is 4.85. The van der Waals surface area contributed by atoms with Gasteiger partial charge in [0, 0.05) is 12.6 Å². The zero-order valence-corrected chi connectivity index (χ0v) is 13.3. The van der Waals surface area contributed by atoms with Gasteiger partial charge in [0.15, 0.2) is 0 Å². The molecule has 0 radical (unpaired) electrons. The topological polar surface area (TPSA) is 41.1 Å². The maximum Gasteiger partial charge on any atom is 0.237 e. The summed E-state index contributed by atoms with van der Waals surface area (Å²) in [5, 5.41) is 6.50. The van der Waals surface area contributed by atoms with E-state index in [0.29, 0.717) is 0 Å². The number of nitrogens with one attached hydrogen (secondary N) is 2. The second kappa shape index (κ2) is 8.18. The highest BCUT2D eigenvalue weighted by atomic mass is 16.2. The van der Waals surface area contributed by atoms with E-state index in [2.05, 4.69) is 48.7 Å². The summed E-state index contributed by atoms with van der Waals surface area (Å²) < 4.78 is 0. The van der Waals surface area contributed by atoms with Gasteiger partial charge >= 0.3 is 0 Å². The quantitative estimate of drug-likeness (QED) is 0.757. The van der Waals surface area contributed by atoms with E-state index in [4.69, 9.17) is 0 Å². The van der Waals surface area contributed by atoms with Crippen molar-refractivity contribution in [1.29, 1.82) is 0 Å². The smallest absolute Gasteiger partial charge is 0.237 e. The largest absolute Gasteiger partial charge is 0.352 e. The summed E-state index contributed by atoms with van der Waals surface area (Å²) in [4.78, 5) is 12.3. The van der Waals surface area contributed by atoms with Crippen molar-refractivity contribution in [1.82, 2.24) is 10.6 Å². The van der Waals surface area contributed by atoms with E-state index in [1.54, 1.807) is 0 Å². The summed E-state index contributed by atoms with van der Waals surface area (Å²) in [6.45, 7) is 5.12. The number of carbonyl (C=O) groups is 1. The Hall–Kier alpha value is -1.35. The fourth-order valence-electron chi connectivity index (χ4n) is 2.93. The summed E-state index contributed by atoms with van der Waals surface area (Å²) in [5.41, 5.74) is 2.61. The van der Waals surface area contributed by atoms with Crippen LogP contribution in [0.15, 0.2) is 24.3 Å². The van der Waals surface area contributed by atoms with Crippen molar-refractivity contribution in [3.05, 3.63) is 35.4 Å². The van der Waals surface area contributed by atoms with Crippen LogP contribution in [0.3, 0.4) is 0 Å². The van der Waals surface area contributed by atoms with Gasteiger partial charge in [-0.05, 0) is 30.9 Å². The van der Waals surface area contributed by atoms with E-state index in [9.17, 15) is 4.79 Å². The zero-order chi connectivity index (χ0) is 15.1. The molecular weight excluding hydrogens is 260 g/mol. The van der Waals surface area contributed by atoms with Crippen LogP contribution in [0, 0.1) is 0 Å². The molecule has 0 fully saturated rings. The second-order valence-corrected chi connectivity index (χ2v) is 6.17. The standard InChI is InChI=1S/C18H28N2O/c1-3-4-5-6-9-14(2)20-18(21)17-12-15-10-7-8-11-16(15)13-19-17/h7-8,10-11,14,17,19H,3-6,9,12-13H2,1-2H3,(H,20,21)/t14?,17-/m0/s1. The van der Waals surface area contributed by atoms with Gasteiger partial charge in [-0.1, -0.05) is 56.9 Å². The Morgan fingerprint density at radius 2 is 2.05 bits per heavy atom. The molecule has 1 heterocycles. The third-order valence-electron chi connectivity index (χ3n) is 4.28. The number of unbranched alkanes of at least 4 members (excludes halogenated alkanes) is 3. The maximum atomic E-state index is 12.3. The van der Waals surface area contributed by atoms with E-state index in [1.165, 1.54) is 36.8 Å². The third-order valence-corrected chi connectivity index (χ3v) is 4.28. The molecular formula is C18H28N2O. The highest BCUT2D eigenvalue weighted by molar-refractivity contribution is 5.82. The average molecular weight is 288 g/mol. The van der Waals surface area contributed by atoms with E-state index >= 15 is 0 Å². The number of hydrogen-bond acceptors (Lipinski definition) is 2. The van der Waals surface area contributed by atoms with Gasteiger partial charge in [0.1, 0.15) is 0 Å². The minimum Gasteiger partial charge on any atom is -0.352 e. The zero-order valence-electron chi connectivity index (χ0n) is 13.3. The number of hydrogen-bond donors (Lipinski definition) is 2. The molecule has 1 amide bonds. The molecule has 3 nitrogen and oxygen atoms in total. The summed E-state index contributed by atoms with van der Waals surface area (Å²) in [6.07, 6.45) is 6.90. The summed E-state index contributed by atoms with van der Waals surface area (Å²) in [5.74, 6) is 0.146. The Balaban J connectivity index is 1.76. The van der Waals surface area contributed by atoms with Crippen LogP contribution in [0.4, 0.5) is 0 Å². The van der Waals surface area contributed by atoms with Gasteiger partial charge in [-0.25, -0.2) is 0 Å². The first kappa shape index (κ1) is 16.0. The van der Waals surface area contributed by atoms with Gasteiger partial charge in [-0.15, -0.1) is 0 Å². The first-order chi connectivity index (χ1) is 10.2. The average Bonchev–Trinajstić information content (AvgIpc) is 2.51. The van der Waals surface area contributed by atoms with Gasteiger partial charge in [0.05, 0.1) is 6.04 Å². The van der Waals surface area contributed by atoms with Crippen LogP contribution in [0.1, 0.15) is 57.1 Å². The minimum absolute atomic E-state index is 0.0852. The Labute approximate surface area is 128 Å². The van der Waals surface area contributed by atoms with Gasteiger partial charge in [-0.3, -0.25) is 4.79 Å². The van der Waals surface area contributed by atoms with Crippen LogP contribution < -0.4 is 10.6 Å². The van der Waals surface area contributed by atoms with E-state index in [1.807, 2.05) is 0 Å². The van der Waals surface area contributed by atoms with Crippen molar-refractivity contribution in [3.8, 4) is 0 Å². The SMILES string of the molecule is CCCCCCC(C)NC(=O)[C@@H]1Cc2ccccc2CN1. The Morgan fingerprint density at radius 3 is 2.81 bits per heavy atom. The molecule has 2 atom stereocenters. The van der Waals surface area contributed by atoms with E-state index < -0.39 is 0 Å². The second-order valence-electron chi connectivity index (χ2n) is 6.17. The van der Waals surface area contributed by atoms with Gasteiger partial charge < -0.3 is 10.6 Å². The molecule has 3 heteroatoms. The number of amides is 1. The molecule has 21 heavy (non-hydrogen) atoms. The van der Waals surface area contributed by atoms with Crippen molar-refractivity contribution in [2.24, 2.45) is 0 Å². The molecule has 1 aromatic rings. The number of benzene rings is 1. The lowest BCUT2D eigenvalue weighted by Gasteiger charge is -2.26. The van der Waals surface area contributed by atoms with Crippen LogP contribution in [-0.2, 0) is 17.8 Å². The molecule has 1 aliphatic heterocycles. The first-order valence-corrected chi connectivity index (χ1v) is 8.31. The Morgan fingerprint density at radius 1 is 1.29 bits per heavy atom. The molecule has 0 aromatic heterocycles. The van der Waals surface area contributed by atoms with Crippen LogP contribution in [-0.4, -0.2) is 18.0 Å². The van der Waals surface area contributed by atoms with Gasteiger partial charge in [0.2, 0.25) is 5.91 Å². The predicted octanol–water partition coefficient (Wildman–Crippen LogP) is 3.18. The normalized spacial score (nSPS) is 18.9. The van der Waals surface area contributed by atoms with E-state index in [0.717, 1.165) is 19.4 Å². The van der Waals surface area contributed by atoms with Crippen molar-refractivity contribution < 1.29 is 4.79 Å². The van der Waals surface area contributed by atoms with Crippen LogP contribution in [0.2, 0.25) is 0 Å². The van der Waals surface area contributed by atoms with Crippen LogP contribution >= 0.6 is 0 Å². The number of fused-ring (bicyclic) bond motifs is 1. The first-order valence-electron chi connectivity index (χ1n) is 8.31. The van der Waals surface area contributed by atoms with Gasteiger partial charge in [0.25, 0.3) is 0 Å². The lowest BCUT2D eigenvalue weighted by molar-refractivity contribution is -0.124. The molecule has 0 spiro atoms. The van der Waals surface area contributed by atoms with Crippen molar-refractivity contribution >= 4 is 5.91 Å². The molecule has 1 aliphatic rings. The summed E-state index contributed by atoms with van der Waals surface area (Å²) in [6, 6.07) is 8.55. The van der Waals surface area contributed by atoms with Crippen molar-refractivity contribution in [3.63, 3.8) is 0 Å². The van der Waals surface area contributed by atoms with Crippen molar-refractivity contribution in [2.75, 3.05) is 0 Å². The molecule has 0 aliphatic carbocycles. The molecule has 1 aromatic carbocycles. The highest BCUT2D eigenvalue weighted by Crippen LogP contribution is 2.16. The summed E-state index contributed by atoms with van der Waals surface area (Å²) in [7, 11) is 0. The number of carbonyl (C=O) groups excluding carboxylic acids is 1. The van der Waals surface area contributed by atoms with E-state index in [-0.39, 0.29) is 18.0 Å². The molecule has 2 rings (SSSR count). The molecule has 1 unspecified atom stereocenters. The molecule has 0 saturated heterocycles. The fraction of sp³-hybridized carbons (Fsp3) is 0.611. The van der Waals surface area contributed by atoms with Gasteiger partial charge in [-0.2, -0.15) is 0 Å². The molecule has 2 N–H and O–H groups in total. The maximum absolute atomic E-state index is 12.3. The fourth-order valence-corrected chi connectivity index (χ4v) is 2.93. The Kier molecular flexibility index (Phi) is 6.24. The summed E-state index contributed by atoms with van der Waals surface area (Å²) >= 11 is 0. The predicted molar refractivity (Wildman–Crippen MR) is 87.1 cm³/mol. The molecule has 0 saturated carbocycles. The molecule has 116 valence electrons. The number of rotatable bonds is 7. The Bertz CT molecular complexity index is 458. The minimum atomic E-state index is -0.0852. The molecule has 0 bridgehead atoms. The monoisotopic (exact) mass is 288 g/mol. The lowest BCUT2D eigenvalue weighted by atomic mass is 9.95. The van der Waals surface area contributed by atoms with Crippen LogP contribution in [0.25, 0.3) is 0 Å².